The van der Waals surface area contributed by atoms with Gasteiger partial charge in [-0.2, -0.15) is 5.10 Å². The summed E-state index contributed by atoms with van der Waals surface area (Å²) in [5.74, 6) is 0.566. The van der Waals surface area contributed by atoms with E-state index in [2.05, 4.69) is 24.3 Å². The minimum Gasteiger partial charge on any atom is -0.497 e. The average Bonchev–Trinajstić information content (AvgIpc) is 3.04. The van der Waals surface area contributed by atoms with E-state index in [-0.39, 0.29) is 23.8 Å². The van der Waals surface area contributed by atoms with E-state index in [0.29, 0.717) is 23.7 Å². The van der Waals surface area contributed by atoms with Crippen molar-refractivity contribution in [2.45, 2.75) is 83.3 Å². The van der Waals surface area contributed by atoms with Crippen LogP contribution in [0, 0.1) is 0 Å². The summed E-state index contributed by atoms with van der Waals surface area (Å²) in [6.07, 6.45) is 6.67. The third-order valence-electron chi connectivity index (χ3n) is 6.77. The second-order valence-electron chi connectivity index (χ2n) is 9.54. The lowest BCUT2D eigenvalue weighted by atomic mass is 9.93. The summed E-state index contributed by atoms with van der Waals surface area (Å²) in [6, 6.07) is 9.31. The molecule has 1 aliphatic heterocycles. The molecule has 0 saturated heterocycles. The summed E-state index contributed by atoms with van der Waals surface area (Å²) >= 11 is 0. The van der Waals surface area contributed by atoms with Crippen LogP contribution >= 0.6 is 0 Å². The molecule has 1 fully saturated rings. The van der Waals surface area contributed by atoms with Crippen molar-refractivity contribution in [3.63, 3.8) is 0 Å². The normalized spacial score (nSPS) is 21.9. The fraction of sp³-hybridized carbons (Fsp3) is 0.560. The van der Waals surface area contributed by atoms with Crippen LogP contribution < -0.4 is 15.0 Å². The molecule has 1 aromatic carbocycles. The van der Waals surface area contributed by atoms with Crippen molar-refractivity contribution in [3.05, 3.63) is 41.7 Å². The first-order chi connectivity index (χ1) is 15.3. The molecule has 7 heteroatoms. The molecule has 7 nitrogen and oxygen atoms in total. The van der Waals surface area contributed by atoms with Gasteiger partial charge < -0.3 is 10.1 Å². The largest absolute Gasteiger partial charge is 0.497 e. The summed E-state index contributed by atoms with van der Waals surface area (Å²) in [6.45, 7) is 6.27. The van der Waals surface area contributed by atoms with Crippen molar-refractivity contribution in [2.75, 3.05) is 12.0 Å². The highest BCUT2D eigenvalue weighted by atomic mass is 16.5. The van der Waals surface area contributed by atoms with Crippen molar-refractivity contribution in [1.82, 2.24) is 15.1 Å². The summed E-state index contributed by atoms with van der Waals surface area (Å²) < 4.78 is 7.00. The van der Waals surface area contributed by atoms with Crippen molar-refractivity contribution in [3.8, 4) is 5.75 Å². The molecule has 4 rings (SSSR count). The number of hydrogen-bond acceptors (Lipinski definition) is 4. The molecule has 2 amide bonds. The number of nitrogens with zero attached hydrogens (tertiary/aromatic N) is 3. The number of aromatic nitrogens is 2. The summed E-state index contributed by atoms with van der Waals surface area (Å²) in [4.78, 5) is 29.1. The van der Waals surface area contributed by atoms with Crippen molar-refractivity contribution in [1.29, 1.82) is 0 Å². The molecular formula is C25H34N4O3. The zero-order chi connectivity index (χ0) is 22.9. The highest BCUT2D eigenvalue weighted by Crippen LogP contribution is 2.34. The lowest BCUT2D eigenvalue weighted by Gasteiger charge is -2.43. The van der Waals surface area contributed by atoms with Crippen molar-refractivity contribution < 1.29 is 14.3 Å². The number of amides is 2. The van der Waals surface area contributed by atoms with Crippen LogP contribution in [0.3, 0.4) is 0 Å². The van der Waals surface area contributed by atoms with E-state index < -0.39 is 5.54 Å². The summed E-state index contributed by atoms with van der Waals surface area (Å²) in [5, 5.41) is 7.94. The number of anilines is 1. The van der Waals surface area contributed by atoms with Crippen LogP contribution in [0.15, 0.2) is 30.3 Å². The Morgan fingerprint density at radius 3 is 2.41 bits per heavy atom. The van der Waals surface area contributed by atoms with Gasteiger partial charge in [-0.3, -0.25) is 19.2 Å². The molecule has 0 spiro atoms. The Kier molecular flexibility index (Phi) is 6.26. The van der Waals surface area contributed by atoms with Gasteiger partial charge in [0.05, 0.1) is 19.3 Å². The standard InChI is InChI=1S/C25H34N4O3/c1-17(2)21-15-22-23(30)29(19-11-13-20(32-4)14-12-19)25(3,16-28(22)27-21)24(31)26-18-9-7-5-6-8-10-18/h11-15,17-18H,5-10,16H2,1-4H3,(H,26,31)/t25-/m1/s1. The number of nitrogens with one attached hydrogen (secondary N) is 1. The third-order valence-corrected chi connectivity index (χ3v) is 6.77. The molecule has 1 aromatic heterocycles. The van der Waals surface area contributed by atoms with Gasteiger partial charge >= 0.3 is 0 Å². The first-order valence-corrected chi connectivity index (χ1v) is 11.7. The number of rotatable bonds is 5. The van der Waals surface area contributed by atoms with E-state index in [0.717, 1.165) is 31.4 Å². The molecule has 2 aromatic rings. The van der Waals surface area contributed by atoms with Gasteiger partial charge in [0.1, 0.15) is 17.0 Å². The van der Waals surface area contributed by atoms with Crippen LogP contribution in [0.1, 0.15) is 81.4 Å². The van der Waals surface area contributed by atoms with Gasteiger partial charge in [0.2, 0.25) is 5.91 Å². The van der Waals surface area contributed by atoms with E-state index in [1.54, 1.807) is 16.7 Å². The Morgan fingerprint density at radius 1 is 1.16 bits per heavy atom. The molecule has 0 bridgehead atoms. The first kappa shape index (κ1) is 22.4. The smallest absolute Gasteiger partial charge is 0.277 e. The Labute approximate surface area is 190 Å². The molecule has 2 heterocycles. The maximum Gasteiger partial charge on any atom is 0.277 e. The first-order valence-electron chi connectivity index (χ1n) is 11.7. The van der Waals surface area contributed by atoms with Gasteiger partial charge in [-0.1, -0.05) is 39.5 Å². The number of ether oxygens (including phenoxy) is 1. The topological polar surface area (TPSA) is 76.5 Å². The van der Waals surface area contributed by atoms with Crippen LogP contribution in [0.4, 0.5) is 5.69 Å². The Balaban J connectivity index is 1.72. The van der Waals surface area contributed by atoms with E-state index in [4.69, 9.17) is 4.74 Å². The minimum atomic E-state index is -1.09. The number of hydrogen-bond donors (Lipinski definition) is 1. The van der Waals surface area contributed by atoms with E-state index in [1.807, 2.05) is 37.3 Å². The molecular weight excluding hydrogens is 404 g/mol. The van der Waals surface area contributed by atoms with E-state index in [1.165, 1.54) is 12.8 Å². The van der Waals surface area contributed by atoms with E-state index in [9.17, 15) is 9.59 Å². The Bertz CT molecular complexity index is 974. The molecule has 0 radical (unpaired) electrons. The van der Waals surface area contributed by atoms with Gasteiger partial charge in [-0.25, -0.2) is 0 Å². The monoisotopic (exact) mass is 438 g/mol. The van der Waals surface area contributed by atoms with Crippen LogP contribution in [-0.4, -0.2) is 40.3 Å². The third kappa shape index (κ3) is 4.12. The zero-order valence-corrected chi connectivity index (χ0v) is 19.6. The fourth-order valence-corrected chi connectivity index (χ4v) is 4.78. The predicted octanol–water partition coefficient (Wildman–Crippen LogP) is 4.27. The van der Waals surface area contributed by atoms with Gasteiger partial charge in [-0.05, 0) is 56.0 Å². The second kappa shape index (κ2) is 8.96. The molecule has 1 saturated carbocycles. The highest BCUT2D eigenvalue weighted by molar-refractivity contribution is 6.11. The lowest BCUT2D eigenvalue weighted by Crippen LogP contribution is -2.65. The molecule has 1 atom stereocenters. The summed E-state index contributed by atoms with van der Waals surface area (Å²) in [7, 11) is 1.61. The van der Waals surface area contributed by atoms with Crippen LogP contribution in [0.2, 0.25) is 0 Å². The summed E-state index contributed by atoms with van der Waals surface area (Å²) in [5.41, 5.74) is 0.958. The number of benzene rings is 1. The van der Waals surface area contributed by atoms with Gasteiger partial charge in [0, 0.05) is 11.7 Å². The Hall–Kier alpha value is -2.83. The van der Waals surface area contributed by atoms with Crippen LogP contribution in [0.25, 0.3) is 0 Å². The zero-order valence-electron chi connectivity index (χ0n) is 19.6. The fourth-order valence-electron chi connectivity index (χ4n) is 4.78. The number of carbonyl (C=O) groups excluding carboxylic acids is 2. The molecule has 2 aliphatic rings. The molecule has 32 heavy (non-hydrogen) atoms. The maximum atomic E-state index is 13.7. The Morgan fingerprint density at radius 2 is 1.81 bits per heavy atom. The SMILES string of the molecule is COc1ccc(N2C(=O)c3cc(C(C)C)nn3C[C@]2(C)C(=O)NC2CCCCCC2)cc1. The minimum absolute atomic E-state index is 0.124. The number of carbonyl (C=O) groups is 2. The average molecular weight is 439 g/mol. The molecule has 1 aliphatic carbocycles. The number of fused-ring (bicyclic) bond motifs is 1. The highest BCUT2D eigenvalue weighted by Gasteiger charge is 2.49. The molecule has 0 unspecified atom stereocenters. The van der Waals surface area contributed by atoms with Gasteiger partial charge in [0.25, 0.3) is 5.91 Å². The second-order valence-corrected chi connectivity index (χ2v) is 9.54. The van der Waals surface area contributed by atoms with Gasteiger partial charge in [-0.15, -0.1) is 0 Å². The predicted molar refractivity (Wildman–Crippen MR) is 124 cm³/mol. The molecule has 1 N–H and O–H groups in total. The quantitative estimate of drug-likeness (QED) is 0.707. The molecule has 172 valence electrons. The van der Waals surface area contributed by atoms with Crippen molar-refractivity contribution in [2.24, 2.45) is 0 Å². The maximum absolute atomic E-state index is 13.7. The van der Waals surface area contributed by atoms with Crippen molar-refractivity contribution >= 4 is 17.5 Å². The van der Waals surface area contributed by atoms with Crippen LogP contribution in [-0.2, 0) is 11.3 Å². The van der Waals surface area contributed by atoms with E-state index >= 15 is 0 Å². The lowest BCUT2D eigenvalue weighted by molar-refractivity contribution is -0.127. The van der Waals surface area contributed by atoms with Gasteiger partial charge in [0.15, 0.2) is 0 Å². The van der Waals surface area contributed by atoms with Crippen LogP contribution in [0.5, 0.6) is 5.75 Å². The number of methoxy groups -OCH3 is 1.